The molecule has 1 aliphatic rings. The van der Waals surface area contributed by atoms with Crippen LogP contribution in [-0.2, 0) is 9.53 Å². The summed E-state index contributed by atoms with van der Waals surface area (Å²) in [6.45, 7) is 6.01. The molecule has 8 heteroatoms. The Bertz CT molecular complexity index is 940. The largest absolute Gasteiger partial charge is 0.497 e. The highest BCUT2D eigenvalue weighted by Gasteiger charge is 2.32. The first-order valence-electron chi connectivity index (χ1n) is 9.93. The van der Waals surface area contributed by atoms with Crippen molar-refractivity contribution < 1.29 is 23.9 Å². The average molecular weight is 413 g/mol. The van der Waals surface area contributed by atoms with E-state index >= 15 is 0 Å². The van der Waals surface area contributed by atoms with Gasteiger partial charge in [-0.05, 0) is 38.6 Å². The first-order valence-corrected chi connectivity index (χ1v) is 9.93. The number of aromatic nitrogens is 1. The van der Waals surface area contributed by atoms with E-state index in [1.54, 1.807) is 50.1 Å². The molecule has 1 saturated heterocycles. The monoisotopic (exact) mass is 413 g/mol. The van der Waals surface area contributed by atoms with Crippen molar-refractivity contribution in [1.29, 1.82) is 0 Å². The van der Waals surface area contributed by atoms with E-state index in [0.29, 0.717) is 48.7 Å². The minimum atomic E-state index is -0.663. The number of benzene rings is 1. The average Bonchev–Trinajstić information content (AvgIpc) is 3.10. The second kappa shape index (κ2) is 9.13. The van der Waals surface area contributed by atoms with Gasteiger partial charge in [0.15, 0.2) is 0 Å². The highest BCUT2D eigenvalue weighted by molar-refractivity contribution is 6.43. The molecule has 30 heavy (non-hydrogen) atoms. The van der Waals surface area contributed by atoms with Gasteiger partial charge in [0.1, 0.15) is 11.4 Å². The number of rotatable bonds is 6. The van der Waals surface area contributed by atoms with Gasteiger partial charge in [-0.1, -0.05) is 12.1 Å². The molecule has 160 valence electrons. The lowest BCUT2D eigenvalue weighted by molar-refractivity contribution is -0.127. The fraction of sp³-hybridized carbons (Fsp3) is 0.409. The number of carbonyl (C=O) groups is 3. The number of aromatic amines is 1. The van der Waals surface area contributed by atoms with Crippen LogP contribution in [0.5, 0.6) is 5.75 Å². The van der Waals surface area contributed by atoms with Crippen molar-refractivity contribution >= 4 is 17.7 Å². The normalized spacial score (nSPS) is 14.5. The van der Waals surface area contributed by atoms with Crippen molar-refractivity contribution in [2.24, 2.45) is 0 Å². The molecule has 0 bridgehead atoms. The van der Waals surface area contributed by atoms with Gasteiger partial charge in [0.25, 0.3) is 11.7 Å². The summed E-state index contributed by atoms with van der Waals surface area (Å²) >= 11 is 0. The molecule has 1 fully saturated rings. The number of H-pyrrole nitrogens is 1. The predicted octanol–water partition coefficient (Wildman–Crippen LogP) is 2.13. The third kappa shape index (κ3) is 4.23. The quantitative estimate of drug-likeness (QED) is 0.443. The van der Waals surface area contributed by atoms with Crippen LogP contribution in [0.3, 0.4) is 0 Å². The van der Waals surface area contributed by atoms with Gasteiger partial charge in [-0.25, -0.2) is 4.79 Å². The predicted molar refractivity (Wildman–Crippen MR) is 112 cm³/mol. The van der Waals surface area contributed by atoms with Crippen LogP contribution in [0.15, 0.2) is 24.3 Å². The summed E-state index contributed by atoms with van der Waals surface area (Å²) in [6.07, 6.45) is 0. The number of nitrogens with one attached hydrogen (secondary N) is 1. The van der Waals surface area contributed by atoms with Crippen LogP contribution < -0.4 is 4.74 Å². The second-order valence-corrected chi connectivity index (χ2v) is 7.25. The van der Waals surface area contributed by atoms with Crippen LogP contribution in [0.25, 0.3) is 11.1 Å². The van der Waals surface area contributed by atoms with Crippen molar-refractivity contribution in [3.63, 3.8) is 0 Å². The van der Waals surface area contributed by atoms with Crippen LogP contribution in [0.2, 0.25) is 0 Å². The lowest BCUT2D eigenvalue weighted by Gasteiger charge is -2.31. The number of hydrogen-bond acceptors (Lipinski definition) is 6. The highest BCUT2D eigenvalue weighted by atomic mass is 16.5. The van der Waals surface area contributed by atoms with Crippen molar-refractivity contribution in [3.8, 4) is 16.9 Å². The molecule has 0 radical (unpaired) electrons. The topological polar surface area (TPSA) is 91.9 Å². The zero-order chi connectivity index (χ0) is 21.8. The number of ether oxygens (including phenoxy) is 2. The molecular weight excluding hydrogens is 386 g/mol. The molecule has 8 nitrogen and oxygen atoms in total. The molecule has 1 aromatic carbocycles. The number of methoxy groups -OCH3 is 1. The van der Waals surface area contributed by atoms with Gasteiger partial charge in [0.2, 0.25) is 0 Å². The Morgan fingerprint density at radius 3 is 2.27 bits per heavy atom. The fourth-order valence-electron chi connectivity index (χ4n) is 3.56. The van der Waals surface area contributed by atoms with E-state index in [1.165, 1.54) is 0 Å². The number of Topliss-reactive ketones (excluding diaryl/α,β-unsaturated/α-hetero) is 1. The molecule has 0 aliphatic carbocycles. The third-order valence-electron chi connectivity index (χ3n) is 5.26. The number of esters is 1. The van der Waals surface area contributed by atoms with Crippen molar-refractivity contribution in [2.45, 2.75) is 13.8 Å². The van der Waals surface area contributed by atoms with E-state index in [-0.39, 0.29) is 17.9 Å². The van der Waals surface area contributed by atoms with Gasteiger partial charge in [0, 0.05) is 37.4 Å². The van der Waals surface area contributed by atoms with E-state index in [4.69, 9.17) is 9.47 Å². The Balaban J connectivity index is 2.04. The van der Waals surface area contributed by atoms with Crippen LogP contribution in [0.1, 0.15) is 33.5 Å². The van der Waals surface area contributed by atoms with E-state index in [1.807, 2.05) is 7.05 Å². The number of hydrogen-bond donors (Lipinski definition) is 1. The summed E-state index contributed by atoms with van der Waals surface area (Å²) in [5.74, 6) is -1.13. The number of aryl methyl sites for hydroxylation is 1. The lowest BCUT2D eigenvalue weighted by Crippen LogP contribution is -2.49. The number of piperazine rings is 1. The Kier molecular flexibility index (Phi) is 6.56. The Morgan fingerprint density at radius 2 is 1.70 bits per heavy atom. The molecular formula is C22H27N3O5. The molecule has 2 heterocycles. The SMILES string of the molecule is CCOC(=O)c1c(C)[nH]c(C(=O)C(=O)N2CCN(C)CC2)c1-c1ccc(OC)cc1. The first kappa shape index (κ1) is 21.6. The molecule has 0 saturated carbocycles. The third-order valence-corrected chi connectivity index (χ3v) is 5.26. The minimum absolute atomic E-state index is 0.102. The number of amides is 1. The summed E-state index contributed by atoms with van der Waals surface area (Å²) < 4.78 is 10.4. The van der Waals surface area contributed by atoms with Crippen LogP contribution in [0.4, 0.5) is 0 Å². The molecule has 2 aromatic rings. The zero-order valence-corrected chi connectivity index (χ0v) is 17.8. The zero-order valence-electron chi connectivity index (χ0n) is 17.8. The van der Waals surface area contributed by atoms with Crippen molar-refractivity contribution in [3.05, 3.63) is 41.2 Å². The van der Waals surface area contributed by atoms with E-state index < -0.39 is 17.7 Å². The maximum Gasteiger partial charge on any atom is 0.340 e. The molecule has 1 N–H and O–H groups in total. The Labute approximate surface area is 175 Å². The molecule has 0 spiro atoms. The molecule has 1 aliphatic heterocycles. The lowest BCUT2D eigenvalue weighted by atomic mass is 9.98. The summed E-state index contributed by atoms with van der Waals surface area (Å²) in [4.78, 5) is 45.4. The maximum absolute atomic E-state index is 13.2. The summed E-state index contributed by atoms with van der Waals surface area (Å²) in [6, 6.07) is 6.98. The summed E-state index contributed by atoms with van der Waals surface area (Å²) in [5, 5.41) is 0. The van der Waals surface area contributed by atoms with Gasteiger partial charge in [-0.3, -0.25) is 9.59 Å². The maximum atomic E-state index is 13.2. The molecule has 0 atom stereocenters. The van der Waals surface area contributed by atoms with E-state index in [2.05, 4.69) is 9.88 Å². The molecule has 1 aromatic heterocycles. The van der Waals surface area contributed by atoms with Gasteiger partial charge in [0.05, 0.1) is 19.3 Å². The molecule has 0 unspecified atom stereocenters. The smallest absolute Gasteiger partial charge is 0.340 e. The molecule has 1 amide bonds. The summed E-state index contributed by atoms with van der Waals surface area (Å²) in [7, 11) is 3.54. The number of carbonyl (C=O) groups excluding carboxylic acids is 3. The summed E-state index contributed by atoms with van der Waals surface area (Å²) in [5.41, 5.74) is 1.84. The van der Waals surface area contributed by atoms with Gasteiger partial charge in [-0.15, -0.1) is 0 Å². The standard InChI is InChI=1S/C22H27N3O5/c1-5-30-22(28)17-14(2)23-19(18(17)15-6-8-16(29-4)9-7-15)20(26)21(27)25-12-10-24(3)11-13-25/h6-9,23H,5,10-13H2,1-4H3. The van der Waals surface area contributed by atoms with Crippen molar-refractivity contribution in [1.82, 2.24) is 14.8 Å². The van der Waals surface area contributed by atoms with E-state index in [9.17, 15) is 14.4 Å². The van der Waals surface area contributed by atoms with E-state index in [0.717, 1.165) is 0 Å². The molecule has 3 rings (SSSR count). The number of likely N-dealkylation sites (N-methyl/N-ethyl adjacent to an activating group) is 1. The van der Waals surface area contributed by atoms with Crippen molar-refractivity contribution in [2.75, 3.05) is 46.9 Å². The first-order chi connectivity index (χ1) is 14.4. The van der Waals surface area contributed by atoms with Crippen LogP contribution >= 0.6 is 0 Å². The Hall–Kier alpha value is -3.13. The van der Waals surface area contributed by atoms with Gasteiger partial charge in [-0.2, -0.15) is 0 Å². The van der Waals surface area contributed by atoms with Crippen LogP contribution in [0, 0.1) is 6.92 Å². The van der Waals surface area contributed by atoms with Gasteiger partial charge >= 0.3 is 5.97 Å². The van der Waals surface area contributed by atoms with Gasteiger partial charge < -0.3 is 24.3 Å². The second-order valence-electron chi connectivity index (χ2n) is 7.25. The number of nitrogens with zero attached hydrogens (tertiary/aromatic N) is 2. The number of ketones is 1. The van der Waals surface area contributed by atoms with Crippen LogP contribution in [-0.4, -0.2) is 79.4 Å². The minimum Gasteiger partial charge on any atom is -0.497 e. The Morgan fingerprint density at radius 1 is 1.07 bits per heavy atom. The fourth-order valence-corrected chi connectivity index (χ4v) is 3.56. The highest BCUT2D eigenvalue weighted by Crippen LogP contribution is 2.33.